The Morgan fingerprint density at radius 1 is 1.31 bits per heavy atom. The van der Waals surface area contributed by atoms with E-state index in [0.717, 1.165) is 29.6 Å². The van der Waals surface area contributed by atoms with Crippen LogP contribution in [0.25, 0.3) is 11.6 Å². The number of amides is 1. The third-order valence-corrected chi connectivity index (χ3v) is 6.01. The van der Waals surface area contributed by atoms with Crippen LogP contribution < -0.4 is 5.32 Å². The van der Waals surface area contributed by atoms with Crippen molar-refractivity contribution in [2.45, 2.75) is 70.1 Å². The van der Waals surface area contributed by atoms with Gasteiger partial charge in [-0.1, -0.05) is 44.9 Å². The highest BCUT2D eigenvalue weighted by Crippen LogP contribution is 2.35. The van der Waals surface area contributed by atoms with Gasteiger partial charge in [0, 0.05) is 12.1 Å². The molecule has 0 saturated heterocycles. The minimum absolute atomic E-state index is 0.0361. The Morgan fingerprint density at radius 3 is 2.73 bits per heavy atom. The van der Waals surface area contributed by atoms with E-state index in [1.54, 1.807) is 6.26 Å². The van der Waals surface area contributed by atoms with Gasteiger partial charge in [0.2, 0.25) is 11.7 Å². The molecule has 1 atom stereocenters. The fourth-order valence-electron chi connectivity index (χ4n) is 3.21. The summed E-state index contributed by atoms with van der Waals surface area (Å²) in [5.74, 6) is 2.29. The maximum absolute atomic E-state index is 12.2. The molecule has 0 aromatic carbocycles. The van der Waals surface area contributed by atoms with Crippen molar-refractivity contribution in [1.29, 1.82) is 0 Å². The molecule has 1 unspecified atom stereocenters. The molecule has 0 aliphatic heterocycles. The van der Waals surface area contributed by atoms with E-state index >= 15 is 0 Å². The standard InChI is InChI=1S/C19H28N4O2S/c1-13(2)14(3)20-17(24)12-26-19-22-21-18(16-10-7-11-25-16)23(19)15-8-5-4-6-9-15/h7,10-11,13-15H,4-6,8-9,12H2,1-3H3,(H,20,24). The molecule has 0 bridgehead atoms. The van der Waals surface area contributed by atoms with Gasteiger partial charge in [0.1, 0.15) is 0 Å². The number of furan rings is 1. The second-order valence-corrected chi connectivity index (χ2v) is 8.28. The molecule has 0 radical (unpaired) electrons. The Morgan fingerprint density at radius 2 is 2.08 bits per heavy atom. The van der Waals surface area contributed by atoms with Gasteiger partial charge in [-0.15, -0.1) is 10.2 Å². The molecule has 6 nitrogen and oxygen atoms in total. The zero-order valence-electron chi connectivity index (χ0n) is 15.8. The number of nitrogens with zero attached hydrogens (tertiary/aromatic N) is 3. The van der Waals surface area contributed by atoms with E-state index in [0.29, 0.717) is 17.7 Å². The number of carbonyl (C=O) groups is 1. The Hall–Kier alpha value is -1.76. The van der Waals surface area contributed by atoms with Gasteiger partial charge in [-0.05, 0) is 37.8 Å². The molecule has 1 N–H and O–H groups in total. The minimum atomic E-state index is 0.0361. The molecular weight excluding hydrogens is 348 g/mol. The van der Waals surface area contributed by atoms with Crippen molar-refractivity contribution in [2.75, 3.05) is 5.75 Å². The van der Waals surface area contributed by atoms with Crippen molar-refractivity contribution in [1.82, 2.24) is 20.1 Å². The van der Waals surface area contributed by atoms with Crippen LogP contribution in [0, 0.1) is 5.92 Å². The molecule has 1 saturated carbocycles. The third-order valence-electron chi connectivity index (χ3n) is 5.07. The second-order valence-electron chi connectivity index (χ2n) is 7.33. The molecular formula is C19H28N4O2S. The van der Waals surface area contributed by atoms with E-state index in [1.807, 2.05) is 19.1 Å². The Balaban J connectivity index is 1.75. The number of rotatable bonds is 7. The number of hydrogen-bond acceptors (Lipinski definition) is 5. The summed E-state index contributed by atoms with van der Waals surface area (Å²) in [6, 6.07) is 4.31. The van der Waals surface area contributed by atoms with E-state index in [-0.39, 0.29) is 11.9 Å². The van der Waals surface area contributed by atoms with Crippen molar-refractivity contribution in [3.8, 4) is 11.6 Å². The zero-order valence-corrected chi connectivity index (χ0v) is 16.6. The van der Waals surface area contributed by atoms with Gasteiger partial charge in [-0.25, -0.2) is 0 Å². The average molecular weight is 377 g/mol. The summed E-state index contributed by atoms with van der Waals surface area (Å²) in [4.78, 5) is 12.2. The van der Waals surface area contributed by atoms with Gasteiger partial charge in [-0.3, -0.25) is 9.36 Å². The largest absolute Gasteiger partial charge is 0.461 e. The summed E-state index contributed by atoms with van der Waals surface area (Å²) < 4.78 is 7.74. The number of nitrogens with one attached hydrogen (secondary N) is 1. The summed E-state index contributed by atoms with van der Waals surface area (Å²) in [5.41, 5.74) is 0. The fourth-order valence-corrected chi connectivity index (χ4v) is 4.03. The quantitative estimate of drug-likeness (QED) is 0.730. The van der Waals surface area contributed by atoms with Crippen LogP contribution >= 0.6 is 11.8 Å². The maximum Gasteiger partial charge on any atom is 0.230 e. The first-order valence-electron chi connectivity index (χ1n) is 9.47. The van der Waals surface area contributed by atoms with Gasteiger partial charge in [0.15, 0.2) is 10.9 Å². The molecule has 2 aromatic rings. The van der Waals surface area contributed by atoms with Crippen molar-refractivity contribution in [3.63, 3.8) is 0 Å². The predicted molar refractivity (Wildman–Crippen MR) is 103 cm³/mol. The van der Waals surface area contributed by atoms with Gasteiger partial charge < -0.3 is 9.73 Å². The van der Waals surface area contributed by atoms with Crippen molar-refractivity contribution >= 4 is 17.7 Å². The lowest BCUT2D eigenvalue weighted by atomic mass is 9.95. The Labute approximate surface area is 159 Å². The molecule has 1 amide bonds. The highest BCUT2D eigenvalue weighted by molar-refractivity contribution is 7.99. The molecule has 26 heavy (non-hydrogen) atoms. The van der Waals surface area contributed by atoms with Crippen molar-refractivity contribution in [3.05, 3.63) is 18.4 Å². The summed E-state index contributed by atoms with van der Waals surface area (Å²) in [7, 11) is 0. The lowest BCUT2D eigenvalue weighted by molar-refractivity contribution is -0.119. The van der Waals surface area contributed by atoms with Crippen LogP contribution in [0.3, 0.4) is 0 Å². The summed E-state index contributed by atoms with van der Waals surface area (Å²) >= 11 is 1.46. The SMILES string of the molecule is CC(C)C(C)NC(=O)CSc1nnc(-c2ccco2)n1C1CCCCC1. The lowest BCUT2D eigenvalue weighted by Gasteiger charge is -2.25. The minimum Gasteiger partial charge on any atom is -0.461 e. The van der Waals surface area contributed by atoms with Gasteiger partial charge in [0.25, 0.3) is 0 Å². The highest BCUT2D eigenvalue weighted by Gasteiger charge is 2.25. The number of aromatic nitrogens is 3. The molecule has 0 spiro atoms. The molecule has 3 rings (SSSR count). The highest BCUT2D eigenvalue weighted by atomic mass is 32.2. The van der Waals surface area contributed by atoms with E-state index in [2.05, 4.69) is 33.9 Å². The van der Waals surface area contributed by atoms with Crippen molar-refractivity contribution < 1.29 is 9.21 Å². The Kier molecular flexibility index (Phi) is 6.40. The van der Waals surface area contributed by atoms with Crippen LogP contribution in [0.2, 0.25) is 0 Å². The molecule has 7 heteroatoms. The van der Waals surface area contributed by atoms with Gasteiger partial charge >= 0.3 is 0 Å². The first-order valence-corrected chi connectivity index (χ1v) is 10.5. The molecule has 2 heterocycles. The predicted octanol–water partition coefficient (Wildman–Crippen LogP) is 4.30. The lowest BCUT2D eigenvalue weighted by Crippen LogP contribution is -2.37. The zero-order chi connectivity index (χ0) is 18.5. The number of carbonyl (C=O) groups excluding carboxylic acids is 1. The molecule has 1 fully saturated rings. The normalized spacial score (nSPS) is 16.8. The van der Waals surface area contributed by atoms with Crippen LogP contribution in [0.15, 0.2) is 28.0 Å². The topological polar surface area (TPSA) is 73.0 Å². The monoisotopic (exact) mass is 376 g/mol. The Bertz CT molecular complexity index is 705. The number of hydrogen-bond donors (Lipinski definition) is 1. The van der Waals surface area contributed by atoms with Crippen LogP contribution in [0.4, 0.5) is 0 Å². The summed E-state index contributed by atoms with van der Waals surface area (Å²) in [6.45, 7) is 6.24. The first-order chi connectivity index (χ1) is 12.6. The average Bonchev–Trinajstić information content (AvgIpc) is 3.29. The molecule has 1 aliphatic carbocycles. The van der Waals surface area contributed by atoms with Crippen LogP contribution in [0.5, 0.6) is 0 Å². The molecule has 2 aromatic heterocycles. The van der Waals surface area contributed by atoms with Crippen LogP contribution in [-0.4, -0.2) is 32.5 Å². The summed E-state index contributed by atoms with van der Waals surface area (Å²) in [6.07, 6.45) is 7.62. The van der Waals surface area contributed by atoms with E-state index in [9.17, 15) is 4.79 Å². The fraction of sp³-hybridized carbons (Fsp3) is 0.632. The van der Waals surface area contributed by atoms with E-state index in [4.69, 9.17) is 4.42 Å². The smallest absolute Gasteiger partial charge is 0.230 e. The maximum atomic E-state index is 12.2. The van der Waals surface area contributed by atoms with Gasteiger partial charge in [-0.2, -0.15) is 0 Å². The molecule has 142 valence electrons. The van der Waals surface area contributed by atoms with E-state index in [1.165, 1.54) is 31.0 Å². The third kappa shape index (κ3) is 4.50. The first kappa shape index (κ1) is 19.0. The van der Waals surface area contributed by atoms with E-state index < -0.39 is 0 Å². The molecule has 1 aliphatic rings. The van der Waals surface area contributed by atoms with Crippen LogP contribution in [-0.2, 0) is 4.79 Å². The summed E-state index contributed by atoms with van der Waals surface area (Å²) in [5, 5.41) is 12.6. The van der Waals surface area contributed by atoms with Crippen LogP contribution in [0.1, 0.15) is 58.9 Å². The second kappa shape index (κ2) is 8.75. The van der Waals surface area contributed by atoms with Crippen molar-refractivity contribution in [2.24, 2.45) is 5.92 Å². The number of thioether (sulfide) groups is 1. The van der Waals surface area contributed by atoms with Gasteiger partial charge in [0.05, 0.1) is 12.0 Å².